The number of hydrogen-bond acceptors (Lipinski definition) is 6. The molecular weight excluding hydrogens is 424 g/mol. The Kier molecular flexibility index (Phi) is 8.59. The summed E-state index contributed by atoms with van der Waals surface area (Å²) in [5, 5.41) is 21.0. The summed E-state index contributed by atoms with van der Waals surface area (Å²) in [6.45, 7) is 8.48. The molecule has 2 N–H and O–H groups in total. The minimum Gasteiger partial charge on any atom is -0.507 e. The van der Waals surface area contributed by atoms with E-state index >= 15 is 0 Å². The Balaban J connectivity index is 1.73. The number of aliphatic imine (C=N–C) groups is 2. The van der Waals surface area contributed by atoms with E-state index in [-0.39, 0.29) is 23.6 Å². The van der Waals surface area contributed by atoms with Crippen molar-refractivity contribution in [2.75, 3.05) is 23.9 Å². The maximum atomic E-state index is 10.5. The lowest BCUT2D eigenvalue weighted by Crippen LogP contribution is -2.27. The molecule has 0 aromatic heterocycles. The second-order valence-electron chi connectivity index (χ2n) is 9.87. The molecule has 0 heterocycles. The van der Waals surface area contributed by atoms with Crippen LogP contribution in [0.25, 0.3) is 0 Å². The van der Waals surface area contributed by atoms with E-state index in [1.807, 2.05) is 38.4 Å². The van der Waals surface area contributed by atoms with Crippen molar-refractivity contribution in [3.05, 3.63) is 47.5 Å². The van der Waals surface area contributed by atoms with Gasteiger partial charge in [0.25, 0.3) is 0 Å². The monoisotopic (exact) mass is 464 g/mol. The van der Waals surface area contributed by atoms with Gasteiger partial charge in [0, 0.05) is 73.2 Å². The SMILES string of the molecule is CC(C)N(C)c1ccc(/C=N/[C@@H]2CCCC[C@H]2/N=C/c2ccc(N(C)C(C)C)cc2O)c(O)c1. The third-order valence-corrected chi connectivity index (χ3v) is 6.90. The van der Waals surface area contributed by atoms with Crippen molar-refractivity contribution in [1.82, 2.24) is 0 Å². The molecule has 0 radical (unpaired) electrons. The minimum absolute atomic E-state index is 0.0657. The molecule has 2 atom stereocenters. The molecule has 1 fully saturated rings. The molecule has 1 saturated carbocycles. The molecular formula is C28H40N4O2. The van der Waals surface area contributed by atoms with Gasteiger partial charge in [-0.1, -0.05) is 12.8 Å². The fraction of sp³-hybridized carbons (Fsp3) is 0.500. The molecule has 1 aliphatic rings. The maximum Gasteiger partial charge on any atom is 0.126 e. The number of aromatic hydroxyl groups is 2. The van der Waals surface area contributed by atoms with E-state index in [4.69, 9.17) is 9.98 Å². The van der Waals surface area contributed by atoms with Crippen LogP contribution in [-0.4, -0.2) is 60.9 Å². The van der Waals surface area contributed by atoms with E-state index in [2.05, 4.69) is 37.5 Å². The molecule has 0 saturated heterocycles. The number of hydrogen-bond donors (Lipinski definition) is 2. The highest BCUT2D eigenvalue weighted by Crippen LogP contribution is 2.28. The Bertz CT molecular complexity index is 934. The number of phenolic OH excluding ortho intramolecular Hbond substituents is 2. The average molecular weight is 465 g/mol. The topological polar surface area (TPSA) is 71.7 Å². The van der Waals surface area contributed by atoms with E-state index in [0.717, 1.165) is 48.2 Å². The summed E-state index contributed by atoms with van der Waals surface area (Å²) in [6, 6.07) is 12.3. The Hall–Kier alpha value is -3.02. The lowest BCUT2D eigenvalue weighted by atomic mass is 9.91. The molecule has 0 spiro atoms. The van der Waals surface area contributed by atoms with Gasteiger partial charge in [-0.3, -0.25) is 9.98 Å². The molecule has 6 heteroatoms. The number of phenols is 2. The van der Waals surface area contributed by atoms with Gasteiger partial charge in [0.2, 0.25) is 0 Å². The first kappa shape index (κ1) is 25.6. The highest BCUT2D eigenvalue weighted by molar-refractivity contribution is 5.85. The largest absolute Gasteiger partial charge is 0.507 e. The second kappa shape index (κ2) is 11.4. The zero-order chi connectivity index (χ0) is 24.8. The molecule has 3 rings (SSSR count). The molecule has 0 unspecified atom stereocenters. The molecule has 2 aromatic carbocycles. The number of nitrogens with zero attached hydrogens (tertiary/aromatic N) is 4. The van der Waals surface area contributed by atoms with Crippen LogP contribution in [0.1, 0.15) is 64.5 Å². The predicted octanol–water partition coefficient (Wildman–Crippen LogP) is 5.64. The van der Waals surface area contributed by atoms with E-state index in [1.165, 1.54) is 0 Å². The van der Waals surface area contributed by atoms with Crippen LogP contribution in [0, 0.1) is 0 Å². The first-order chi connectivity index (χ1) is 16.2. The lowest BCUT2D eigenvalue weighted by molar-refractivity contribution is 0.390. The highest BCUT2D eigenvalue weighted by atomic mass is 16.3. The van der Waals surface area contributed by atoms with Crippen molar-refractivity contribution in [3.8, 4) is 11.5 Å². The third-order valence-electron chi connectivity index (χ3n) is 6.90. The maximum absolute atomic E-state index is 10.5. The van der Waals surface area contributed by atoms with Crippen LogP contribution >= 0.6 is 0 Å². The first-order valence-electron chi connectivity index (χ1n) is 12.4. The van der Waals surface area contributed by atoms with Gasteiger partial charge >= 0.3 is 0 Å². The normalized spacial score (nSPS) is 18.9. The molecule has 0 bridgehead atoms. The van der Waals surface area contributed by atoms with Crippen molar-refractivity contribution in [1.29, 1.82) is 0 Å². The number of rotatable bonds is 8. The summed E-state index contributed by atoms with van der Waals surface area (Å²) in [5.74, 6) is 0.474. The van der Waals surface area contributed by atoms with Gasteiger partial charge in [0.15, 0.2) is 0 Å². The van der Waals surface area contributed by atoms with Crippen molar-refractivity contribution in [2.45, 2.75) is 77.5 Å². The molecule has 184 valence electrons. The quantitative estimate of drug-likeness (QED) is 0.496. The van der Waals surface area contributed by atoms with Crippen LogP contribution in [0.2, 0.25) is 0 Å². The summed E-state index contributed by atoms with van der Waals surface area (Å²) in [5.41, 5.74) is 3.40. The van der Waals surface area contributed by atoms with Crippen LogP contribution in [0.4, 0.5) is 11.4 Å². The smallest absolute Gasteiger partial charge is 0.126 e. The van der Waals surface area contributed by atoms with Gasteiger partial charge in [0.1, 0.15) is 11.5 Å². The Morgan fingerprint density at radius 2 is 1.12 bits per heavy atom. The van der Waals surface area contributed by atoms with Gasteiger partial charge in [-0.05, 0) is 64.8 Å². The molecule has 6 nitrogen and oxygen atoms in total. The van der Waals surface area contributed by atoms with Crippen LogP contribution in [0.5, 0.6) is 11.5 Å². The zero-order valence-electron chi connectivity index (χ0n) is 21.4. The average Bonchev–Trinajstić information content (AvgIpc) is 2.81. The minimum atomic E-state index is 0.0657. The summed E-state index contributed by atoms with van der Waals surface area (Å²) >= 11 is 0. The predicted molar refractivity (Wildman–Crippen MR) is 145 cm³/mol. The van der Waals surface area contributed by atoms with Gasteiger partial charge in [-0.25, -0.2) is 0 Å². The van der Waals surface area contributed by atoms with Gasteiger partial charge < -0.3 is 20.0 Å². The van der Waals surface area contributed by atoms with Crippen LogP contribution in [0.3, 0.4) is 0 Å². The summed E-state index contributed by atoms with van der Waals surface area (Å²) in [7, 11) is 4.04. The van der Waals surface area contributed by atoms with E-state index < -0.39 is 0 Å². The standard InChI is InChI=1S/C28H40N4O2/c1-19(2)31(5)23-13-11-21(27(33)15-23)17-29-25-9-7-8-10-26(25)30-18-22-12-14-24(16-28(22)34)32(6)20(3)4/h11-20,25-26,33-34H,7-10H2,1-6H3/b29-17+,30-18+/t25-,26-/m1/s1. The van der Waals surface area contributed by atoms with Crippen molar-refractivity contribution >= 4 is 23.8 Å². The number of benzene rings is 2. The summed E-state index contributed by atoms with van der Waals surface area (Å²) < 4.78 is 0. The zero-order valence-corrected chi connectivity index (χ0v) is 21.4. The van der Waals surface area contributed by atoms with E-state index in [9.17, 15) is 10.2 Å². The van der Waals surface area contributed by atoms with Gasteiger partial charge in [0.05, 0.1) is 12.1 Å². The van der Waals surface area contributed by atoms with Crippen molar-refractivity contribution in [3.63, 3.8) is 0 Å². The fourth-order valence-corrected chi connectivity index (χ4v) is 4.11. The lowest BCUT2D eigenvalue weighted by Gasteiger charge is -2.26. The Morgan fingerprint density at radius 1 is 0.735 bits per heavy atom. The Morgan fingerprint density at radius 3 is 1.44 bits per heavy atom. The van der Waals surface area contributed by atoms with Crippen molar-refractivity contribution < 1.29 is 10.2 Å². The summed E-state index contributed by atoms with van der Waals surface area (Å²) in [4.78, 5) is 13.9. The molecule has 2 aromatic rings. The van der Waals surface area contributed by atoms with Gasteiger partial charge in [-0.2, -0.15) is 0 Å². The Labute approximate surface area is 204 Å². The molecule has 0 aliphatic heterocycles. The van der Waals surface area contributed by atoms with Crippen LogP contribution < -0.4 is 9.80 Å². The molecule has 34 heavy (non-hydrogen) atoms. The third kappa shape index (κ3) is 6.31. The van der Waals surface area contributed by atoms with Crippen LogP contribution in [-0.2, 0) is 0 Å². The van der Waals surface area contributed by atoms with E-state index in [1.54, 1.807) is 24.6 Å². The van der Waals surface area contributed by atoms with Gasteiger partial charge in [-0.15, -0.1) is 0 Å². The fourth-order valence-electron chi connectivity index (χ4n) is 4.11. The summed E-state index contributed by atoms with van der Waals surface area (Å²) in [6.07, 6.45) is 7.75. The molecule has 1 aliphatic carbocycles. The van der Waals surface area contributed by atoms with Crippen molar-refractivity contribution in [2.24, 2.45) is 9.98 Å². The second-order valence-corrected chi connectivity index (χ2v) is 9.87. The van der Waals surface area contributed by atoms with E-state index in [0.29, 0.717) is 12.1 Å². The number of anilines is 2. The first-order valence-corrected chi connectivity index (χ1v) is 12.4. The molecule has 0 amide bonds. The van der Waals surface area contributed by atoms with Crippen LogP contribution in [0.15, 0.2) is 46.4 Å². The highest BCUT2D eigenvalue weighted by Gasteiger charge is 2.23.